The number of hydrogen-bond acceptors (Lipinski definition) is 6. The van der Waals surface area contributed by atoms with Crippen molar-refractivity contribution < 1.29 is 13.6 Å². The molecule has 2 aromatic carbocycles. The van der Waals surface area contributed by atoms with E-state index in [2.05, 4.69) is 48.5 Å². The van der Waals surface area contributed by atoms with E-state index in [1.54, 1.807) is 0 Å². The number of amidine groups is 1. The van der Waals surface area contributed by atoms with Crippen molar-refractivity contribution in [2.75, 3.05) is 6.54 Å². The lowest BCUT2D eigenvalue weighted by Crippen LogP contribution is -2.48. The van der Waals surface area contributed by atoms with Gasteiger partial charge in [-0.3, -0.25) is 9.79 Å². The third-order valence-corrected chi connectivity index (χ3v) is 9.03. The normalized spacial score (nSPS) is 22.3. The zero-order valence-electron chi connectivity index (χ0n) is 26.6. The number of unbranched alkanes of at least 4 members (excludes halogenated alkanes) is 1. The molecule has 1 saturated carbocycles. The Hall–Kier alpha value is -3.79. The summed E-state index contributed by atoms with van der Waals surface area (Å²) in [5, 5.41) is 6.40. The van der Waals surface area contributed by atoms with Gasteiger partial charge in [0.1, 0.15) is 23.1 Å². The Morgan fingerprint density at radius 1 is 1.16 bits per heavy atom. The van der Waals surface area contributed by atoms with Crippen LogP contribution >= 0.6 is 0 Å². The number of halogens is 2. The Morgan fingerprint density at radius 3 is 2.34 bits per heavy atom. The minimum absolute atomic E-state index is 0.0532. The van der Waals surface area contributed by atoms with Crippen LogP contribution < -0.4 is 22.4 Å². The van der Waals surface area contributed by atoms with Crippen LogP contribution in [-0.4, -0.2) is 34.6 Å². The average Bonchev–Trinajstić information content (AvgIpc) is 3.29. The summed E-state index contributed by atoms with van der Waals surface area (Å²) in [6.45, 7) is 11.1. The van der Waals surface area contributed by atoms with Gasteiger partial charge in [0.05, 0.1) is 24.0 Å². The van der Waals surface area contributed by atoms with Crippen LogP contribution in [0.4, 0.5) is 8.78 Å². The predicted molar refractivity (Wildman–Crippen MR) is 173 cm³/mol. The number of hydrazone groups is 1. The van der Waals surface area contributed by atoms with Crippen molar-refractivity contribution in [3.05, 3.63) is 82.6 Å². The molecule has 1 spiro atoms. The van der Waals surface area contributed by atoms with Gasteiger partial charge in [0.15, 0.2) is 0 Å². The highest BCUT2D eigenvalue weighted by Gasteiger charge is 2.50. The maximum Gasteiger partial charge on any atom is 0.251 e. The number of carbonyl (C=O) groups excluding carboxylic acids is 1. The fourth-order valence-electron chi connectivity index (χ4n) is 6.69. The first-order chi connectivity index (χ1) is 20.9. The van der Waals surface area contributed by atoms with Crippen LogP contribution in [0.25, 0.3) is 0 Å². The van der Waals surface area contributed by atoms with Crippen molar-refractivity contribution >= 4 is 17.5 Å². The topological polar surface area (TPSA) is 121 Å². The van der Waals surface area contributed by atoms with Crippen LogP contribution in [0.1, 0.15) is 107 Å². The lowest BCUT2D eigenvalue weighted by molar-refractivity contribution is 0.0276. The molecule has 0 radical (unpaired) electrons. The molecule has 1 atom stereocenters. The van der Waals surface area contributed by atoms with Gasteiger partial charge in [-0.25, -0.2) is 20.2 Å². The zero-order valence-corrected chi connectivity index (χ0v) is 26.6. The first-order valence-corrected chi connectivity index (χ1v) is 15.6. The molecule has 10 heteroatoms. The molecule has 0 aromatic heterocycles. The summed E-state index contributed by atoms with van der Waals surface area (Å²) in [6, 6.07) is 11.2. The van der Waals surface area contributed by atoms with Gasteiger partial charge in [0, 0.05) is 17.2 Å². The Balaban J connectivity index is 1.74. The van der Waals surface area contributed by atoms with Crippen LogP contribution in [0.5, 0.6) is 0 Å². The minimum Gasteiger partial charge on any atom is -0.384 e. The summed E-state index contributed by atoms with van der Waals surface area (Å²) in [6.07, 6.45) is 8.60. The molecular weight excluding hydrogens is 560 g/mol. The Morgan fingerprint density at radius 2 is 1.80 bits per heavy atom. The second-order valence-corrected chi connectivity index (χ2v) is 13.0. The molecule has 0 bridgehead atoms. The molecule has 238 valence electrons. The maximum atomic E-state index is 14.5. The Kier molecular flexibility index (Phi) is 10.4. The lowest BCUT2D eigenvalue weighted by atomic mass is 9.69. The number of rotatable bonds is 10. The summed E-state index contributed by atoms with van der Waals surface area (Å²) < 4.78 is 28.9. The molecular formula is C34H47F2N7O. The monoisotopic (exact) mass is 607 g/mol. The van der Waals surface area contributed by atoms with E-state index in [-0.39, 0.29) is 29.7 Å². The van der Waals surface area contributed by atoms with E-state index in [9.17, 15) is 13.6 Å². The summed E-state index contributed by atoms with van der Waals surface area (Å²) in [5.41, 5.74) is 11.0. The van der Waals surface area contributed by atoms with E-state index in [0.29, 0.717) is 22.8 Å². The largest absolute Gasteiger partial charge is 0.384 e. The summed E-state index contributed by atoms with van der Waals surface area (Å²) in [7, 11) is 0. The zero-order chi connectivity index (χ0) is 32.1. The molecule has 2 aliphatic rings. The third kappa shape index (κ3) is 7.29. The van der Waals surface area contributed by atoms with E-state index in [4.69, 9.17) is 16.6 Å². The molecule has 44 heavy (non-hydrogen) atoms. The van der Waals surface area contributed by atoms with E-state index in [1.807, 2.05) is 37.3 Å². The second kappa shape index (κ2) is 13.9. The minimum atomic E-state index is -0.620. The molecule has 1 heterocycles. The number of carbonyl (C=O) groups is 1. The quantitative estimate of drug-likeness (QED) is 0.109. The molecule has 1 unspecified atom stereocenters. The van der Waals surface area contributed by atoms with Crippen molar-refractivity contribution in [3.63, 3.8) is 0 Å². The van der Waals surface area contributed by atoms with Crippen molar-refractivity contribution in [2.45, 2.75) is 91.3 Å². The fraction of sp³-hybridized carbons (Fsp3) is 0.500. The molecule has 1 aliphatic heterocycles. The van der Waals surface area contributed by atoms with Gasteiger partial charge in [0.2, 0.25) is 0 Å². The summed E-state index contributed by atoms with van der Waals surface area (Å²) in [4.78, 5) is 20.6. The van der Waals surface area contributed by atoms with Crippen LogP contribution in [0.3, 0.4) is 0 Å². The summed E-state index contributed by atoms with van der Waals surface area (Å²) in [5.74, 6) is 4.35. The van der Waals surface area contributed by atoms with Gasteiger partial charge in [-0.15, -0.1) is 0 Å². The standard InChI is InChI=1S/C34H47F2N7O/c1-6-8-9-29(22-10-12-23(13-11-22)32(44)39-21-30(37)41-42-38)43-28(7-2)31(24-18-26(35)20-27(36)19-24)40-34(43)16-14-25(15-17-34)33(3,4)5/h7,10-13,18-20,25,29,42H,6,8-9,14-17,21,38H2,1-5H3,(H2,37,41)(H,39,44). The van der Waals surface area contributed by atoms with Crippen molar-refractivity contribution in [1.82, 2.24) is 15.8 Å². The lowest BCUT2D eigenvalue weighted by Gasteiger charge is -2.49. The molecule has 4 rings (SSSR count). The number of allylic oxidation sites excluding steroid dienone is 2. The van der Waals surface area contributed by atoms with Gasteiger partial charge in [-0.05, 0) is 80.2 Å². The van der Waals surface area contributed by atoms with Crippen molar-refractivity contribution in [3.8, 4) is 0 Å². The second-order valence-electron chi connectivity index (χ2n) is 13.0. The highest BCUT2D eigenvalue weighted by molar-refractivity contribution is 6.13. The smallest absolute Gasteiger partial charge is 0.251 e. The third-order valence-electron chi connectivity index (χ3n) is 9.03. The fourth-order valence-corrected chi connectivity index (χ4v) is 6.69. The summed E-state index contributed by atoms with van der Waals surface area (Å²) >= 11 is 0. The SMILES string of the molecule is CC=C1C(c2cc(F)cc(F)c2)=NC2(CCC(C(C)(C)C)CC2)N1C(CCCC)c1ccc(C(=O)NCC(N)=NNN)cc1. The molecule has 1 aliphatic carbocycles. The van der Waals surface area contributed by atoms with E-state index in [1.165, 1.54) is 12.1 Å². The molecule has 1 amide bonds. The number of nitrogens with zero attached hydrogens (tertiary/aromatic N) is 3. The number of nitrogens with two attached hydrogens (primary N) is 2. The molecule has 1 fully saturated rings. The van der Waals surface area contributed by atoms with E-state index >= 15 is 0 Å². The van der Waals surface area contributed by atoms with E-state index in [0.717, 1.165) is 62.3 Å². The molecule has 6 N–H and O–H groups in total. The van der Waals surface area contributed by atoms with E-state index < -0.39 is 17.3 Å². The first kappa shape index (κ1) is 33.1. The van der Waals surface area contributed by atoms with Gasteiger partial charge in [-0.1, -0.05) is 58.7 Å². The number of benzene rings is 2. The predicted octanol–water partition coefficient (Wildman–Crippen LogP) is 6.30. The van der Waals surface area contributed by atoms with Gasteiger partial charge >= 0.3 is 0 Å². The maximum absolute atomic E-state index is 14.5. The van der Waals surface area contributed by atoms with Crippen LogP contribution in [0.2, 0.25) is 0 Å². The average molecular weight is 608 g/mol. The number of aliphatic imine (C=N–C) groups is 1. The van der Waals surface area contributed by atoms with Crippen molar-refractivity contribution in [1.29, 1.82) is 0 Å². The van der Waals surface area contributed by atoms with Crippen LogP contribution in [0.15, 0.2) is 64.3 Å². The Bertz CT molecular complexity index is 1380. The number of hydrazine groups is 1. The number of hydrogen-bond donors (Lipinski definition) is 4. The van der Waals surface area contributed by atoms with Gasteiger partial charge < -0.3 is 16.0 Å². The molecule has 2 aromatic rings. The van der Waals surface area contributed by atoms with Crippen LogP contribution in [0, 0.1) is 23.0 Å². The van der Waals surface area contributed by atoms with Crippen LogP contribution in [-0.2, 0) is 0 Å². The highest BCUT2D eigenvalue weighted by atomic mass is 19.1. The number of amides is 1. The molecule has 0 saturated heterocycles. The Labute approximate surface area is 260 Å². The first-order valence-electron chi connectivity index (χ1n) is 15.6. The molecule has 8 nitrogen and oxygen atoms in total. The highest BCUT2D eigenvalue weighted by Crippen LogP contribution is 2.52. The van der Waals surface area contributed by atoms with Gasteiger partial charge in [0.25, 0.3) is 5.91 Å². The van der Waals surface area contributed by atoms with Crippen molar-refractivity contribution in [2.24, 2.45) is 33.0 Å². The number of nitrogens with one attached hydrogen (secondary N) is 2. The van der Waals surface area contributed by atoms with Gasteiger partial charge in [-0.2, -0.15) is 5.10 Å².